The van der Waals surface area contributed by atoms with Crippen molar-refractivity contribution in [1.29, 1.82) is 0 Å². The molecule has 1 amide bonds. The van der Waals surface area contributed by atoms with Crippen molar-refractivity contribution >= 4 is 17.8 Å². The van der Waals surface area contributed by atoms with Crippen molar-refractivity contribution in [2.45, 2.75) is 65.5 Å². The lowest BCUT2D eigenvalue weighted by atomic mass is 9.86. The fourth-order valence-corrected chi connectivity index (χ4v) is 3.47. The van der Waals surface area contributed by atoms with Gasteiger partial charge in [0.25, 0.3) is 5.91 Å². The minimum Gasteiger partial charge on any atom is -0.465 e. The topological polar surface area (TPSA) is 97.5 Å². The van der Waals surface area contributed by atoms with E-state index < -0.39 is 18.0 Å². The SMILES string of the molecule is COC(=O)c1c(C)[nH]c(C(=O)O[C@H](C)C(=O)N[C@@H]2CCCC[C@H]2C)c1C. The number of H-pyrrole nitrogens is 1. The highest BCUT2D eigenvalue weighted by Crippen LogP contribution is 2.24. The molecule has 2 rings (SSSR count). The monoisotopic (exact) mass is 364 g/mol. The van der Waals surface area contributed by atoms with Crippen LogP contribution in [0.25, 0.3) is 0 Å². The first-order valence-corrected chi connectivity index (χ1v) is 9.05. The van der Waals surface area contributed by atoms with Crippen LogP contribution in [-0.4, -0.2) is 42.1 Å². The summed E-state index contributed by atoms with van der Waals surface area (Å²) in [5, 5.41) is 2.98. The van der Waals surface area contributed by atoms with Gasteiger partial charge in [-0.05, 0) is 45.1 Å². The molecule has 1 aliphatic rings. The fourth-order valence-electron chi connectivity index (χ4n) is 3.47. The average Bonchev–Trinajstić information content (AvgIpc) is 2.90. The van der Waals surface area contributed by atoms with Crippen LogP contribution >= 0.6 is 0 Å². The van der Waals surface area contributed by atoms with Crippen LogP contribution in [0, 0.1) is 19.8 Å². The molecule has 1 aliphatic carbocycles. The summed E-state index contributed by atoms with van der Waals surface area (Å²) in [5.74, 6) is -1.06. The summed E-state index contributed by atoms with van der Waals surface area (Å²) in [7, 11) is 1.28. The van der Waals surface area contributed by atoms with Gasteiger partial charge in [0, 0.05) is 11.7 Å². The lowest BCUT2D eigenvalue weighted by Gasteiger charge is -2.30. The summed E-state index contributed by atoms with van der Waals surface area (Å²) in [6.45, 7) is 6.99. The molecule has 144 valence electrons. The van der Waals surface area contributed by atoms with E-state index in [1.54, 1.807) is 20.8 Å². The number of carbonyl (C=O) groups excluding carboxylic acids is 3. The number of hydrogen-bond acceptors (Lipinski definition) is 5. The quantitative estimate of drug-likeness (QED) is 0.783. The molecule has 0 spiro atoms. The number of esters is 2. The summed E-state index contributed by atoms with van der Waals surface area (Å²) < 4.78 is 10.0. The molecule has 0 unspecified atom stereocenters. The van der Waals surface area contributed by atoms with Crippen LogP contribution in [0.15, 0.2) is 0 Å². The predicted molar refractivity (Wildman–Crippen MR) is 96.0 cm³/mol. The molecule has 7 heteroatoms. The highest BCUT2D eigenvalue weighted by molar-refractivity contribution is 5.99. The van der Waals surface area contributed by atoms with Crippen molar-refractivity contribution < 1.29 is 23.9 Å². The first-order chi connectivity index (χ1) is 12.3. The Bertz CT molecular complexity index is 694. The van der Waals surface area contributed by atoms with Crippen LogP contribution in [0.1, 0.15) is 71.6 Å². The number of carbonyl (C=O) groups is 3. The first-order valence-electron chi connectivity index (χ1n) is 9.05. The maximum atomic E-state index is 12.4. The third-order valence-corrected chi connectivity index (χ3v) is 5.12. The highest BCUT2D eigenvalue weighted by atomic mass is 16.5. The van der Waals surface area contributed by atoms with Gasteiger partial charge in [0.05, 0.1) is 12.7 Å². The second kappa shape index (κ2) is 8.38. The van der Waals surface area contributed by atoms with Crippen LogP contribution in [-0.2, 0) is 14.3 Å². The predicted octanol–water partition coefficient (Wildman–Crippen LogP) is 2.66. The van der Waals surface area contributed by atoms with Gasteiger partial charge >= 0.3 is 11.9 Å². The summed E-state index contributed by atoms with van der Waals surface area (Å²) in [6, 6.07) is 0.123. The van der Waals surface area contributed by atoms with E-state index in [1.807, 2.05) is 0 Å². The Hall–Kier alpha value is -2.31. The zero-order chi connectivity index (χ0) is 19.4. The Morgan fingerprint density at radius 2 is 1.81 bits per heavy atom. The molecular formula is C19H28N2O5. The van der Waals surface area contributed by atoms with E-state index >= 15 is 0 Å². The van der Waals surface area contributed by atoms with Crippen molar-refractivity contribution in [2.24, 2.45) is 5.92 Å². The maximum absolute atomic E-state index is 12.4. The minimum atomic E-state index is -0.916. The summed E-state index contributed by atoms with van der Waals surface area (Å²) in [5.41, 5.74) is 1.45. The van der Waals surface area contributed by atoms with E-state index in [9.17, 15) is 14.4 Å². The summed E-state index contributed by atoms with van der Waals surface area (Å²) in [4.78, 5) is 39.5. The largest absolute Gasteiger partial charge is 0.465 e. The molecule has 3 atom stereocenters. The minimum absolute atomic E-state index is 0.123. The molecule has 1 heterocycles. The van der Waals surface area contributed by atoms with E-state index in [-0.39, 0.29) is 17.6 Å². The van der Waals surface area contributed by atoms with Crippen molar-refractivity contribution in [2.75, 3.05) is 7.11 Å². The Morgan fingerprint density at radius 1 is 1.15 bits per heavy atom. The van der Waals surface area contributed by atoms with Gasteiger partial charge in [-0.2, -0.15) is 0 Å². The zero-order valence-corrected chi connectivity index (χ0v) is 16.1. The molecule has 7 nitrogen and oxygen atoms in total. The lowest BCUT2D eigenvalue weighted by molar-refractivity contribution is -0.130. The highest BCUT2D eigenvalue weighted by Gasteiger charge is 2.28. The Kier molecular flexibility index (Phi) is 6.45. The van der Waals surface area contributed by atoms with E-state index in [0.29, 0.717) is 22.7 Å². The zero-order valence-electron chi connectivity index (χ0n) is 16.1. The average molecular weight is 364 g/mol. The summed E-state index contributed by atoms with van der Waals surface area (Å²) in [6.07, 6.45) is 3.41. The number of methoxy groups -OCH3 is 1. The molecule has 1 aromatic heterocycles. The van der Waals surface area contributed by atoms with Crippen LogP contribution in [0.5, 0.6) is 0 Å². The molecule has 1 saturated carbocycles. The van der Waals surface area contributed by atoms with Gasteiger partial charge in [0.1, 0.15) is 5.69 Å². The van der Waals surface area contributed by atoms with E-state index in [4.69, 9.17) is 9.47 Å². The van der Waals surface area contributed by atoms with Gasteiger partial charge in [-0.1, -0.05) is 19.8 Å². The number of aromatic amines is 1. The van der Waals surface area contributed by atoms with Gasteiger partial charge in [0.15, 0.2) is 6.10 Å². The lowest BCUT2D eigenvalue weighted by Crippen LogP contribution is -2.46. The number of rotatable bonds is 5. The number of nitrogens with one attached hydrogen (secondary N) is 2. The molecule has 0 bridgehead atoms. The number of ether oxygens (including phenoxy) is 2. The third-order valence-electron chi connectivity index (χ3n) is 5.12. The molecule has 0 saturated heterocycles. The van der Waals surface area contributed by atoms with E-state index in [2.05, 4.69) is 17.2 Å². The van der Waals surface area contributed by atoms with Gasteiger partial charge in [-0.25, -0.2) is 9.59 Å². The molecule has 2 N–H and O–H groups in total. The molecule has 1 fully saturated rings. The van der Waals surface area contributed by atoms with Crippen LogP contribution in [0.2, 0.25) is 0 Å². The first kappa shape index (κ1) is 20.0. The third kappa shape index (κ3) is 4.26. The molecule has 26 heavy (non-hydrogen) atoms. The molecule has 1 aromatic rings. The van der Waals surface area contributed by atoms with Gasteiger partial charge < -0.3 is 19.8 Å². The Labute approximate surface area is 153 Å². The second-order valence-electron chi connectivity index (χ2n) is 7.04. The van der Waals surface area contributed by atoms with E-state index in [1.165, 1.54) is 13.5 Å². The van der Waals surface area contributed by atoms with Crippen molar-refractivity contribution in [3.05, 3.63) is 22.5 Å². The van der Waals surface area contributed by atoms with Gasteiger partial charge in [-0.15, -0.1) is 0 Å². The van der Waals surface area contributed by atoms with Crippen molar-refractivity contribution in [3.8, 4) is 0 Å². The summed E-state index contributed by atoms with van der Waals surface area (Å²) >= 11 is 0. The van der Waals surface area contributed by atoms with Crippen LogP contribution in [0.3, 0.4) is 0 Å². The molecular weight excluding hydrogens is 336 g/mol. The normalized spacial score (nSPS) is 21.0. The Morgan fingerprint density at radius 3 is 2.42 bits per heavy atom. The van der Waals surface area contributed by atoms with Crippen LogP contribution < -0.4 is 5.32 Å². The van der Waals surface area contributed by atoms with Crippen molar-refractivity contribution in [3.63, 3.8) is 0 Å². The maximum Gasteiger partial charge on any atom is 0.355 e. The number of aryl methyl sites for hydroxylation is 1. The van der Waals surface area contributed by atoms with Crippen molar-refractivity contribution in [1.82, 2.24) is 10.3 Å². The fraction of sp³-hybridized carbons (Fsp3) is 0.632. The number of amides is 1. The van der Waals surface area contributed by atoms with Gasteiger partial charge in [0.2, 0.25) is 0 Å². The standard InChI is InChI=1S/C19H28N2O5/c1-10-8-6-7-9-14(10)21-17(22)13(4)26-19(24)16-11(2)15(12(3)20-16)18(23)25-5/h10,13-14,20H,6-9H2,1-5H3,(H,21,22)/t10-,13-,14-/m1/s1. The smallest absolute Gasteiger partial charge is 0.355 e. The van der Waals surface area contributed by atoms with E-state index in [0.717, 1.165) is 19.3 Å². The van der Waals surface area contributed by atoms with Crippen LogP contribution in [0.4, 0.5) is 0 Å². The number of aromatic nitrogens is 1. The number of hydrogen-bond donors (Lipinski definition) is 2. The van der Waals surface area contributed by atoms with Gasteiger partial charge in [-0.3, -0.25) is 4.79 Å². The molecule has 0 aromatic carbocycles. The molecule has 0 radical (unpaired) electrons. The molecule has 0 aliphatic heterocycles. The second-order valence-corrected chi connectivity index (χ2v) is 7.04. The Balaban J connectivity index is 2.02.